The van der Waals surface area contributed by atoms with E-state index in [4.69, 9.17) is 5.73 Å². The van der Waals surface area contributed by atoms with Crippen LogP contribution in [-0.2, 0) is 30.9 Å². The van der Waals surface area contributed by atoms with Gasteiger partial charge in [-0.05, 0) is 75.3 Å². The van der Waals surface area contributed by atoms with Gasteiger partial charge in [-0.3, -0.25) is 9.48 Å². The van der Waals surface area contributed by atoms with E-state index in [0.29, 0.717) is 29.3 Å². The number of nitrogens with two attached hydrogens (primary N) is 1. The molecule has 2 atom stereocenters. The van der Waals surface area contributed by atoms with Gasteiger partial charge in [0.25, 0.3) is 0 Å². The number of primary amides is 1. The lowest BCUT2D eigenvalue weighted by Crippen LogP contribution is -2.50. The molecule has 228 valence electrons. The molecule has 3 heterocycles. The third-order valence-corrected chi connectivity index (χ3v) is 10.3. The molecule has 10 nitrogen and oxygen atoms in total. The van der Waals surface area contributed by atoms with E-state index < -0.39 is 17.3 Å². The fourth-order valence-electron chi connectivity index (χ4n) is 6.31. The van der Waals surface area contributed by atoms with Crippen LogP contribution in [0.5, 0.6) is 0 Å². The standard InChI is InChI=1S/C33H37N7O3S/c1-32(2,3)44(43)38-29-26-9-5-4-7-23(26)18-33(29)12-15-39(16-13-33)31-27(21-41)37-25(20-35-31)8-6-14-40-28-11-10-22(30(34)42)17-24(28)19-36-40/h4-5,7,9-11,17,19-20,29,38,41H,12-16,18,21H2,1-3H3,(H2,34,42)/t29-,44?/m1/s1. The zero-order chi connectivity index (χ0) is 31.1. The molecule has 2 aromatic heterocycles. The van der Waals surface area contributed by atoms with E-state index in [1.165, 1.54) is 11.1 Å². The maximum absolute atomic E-state index is 13.2. The Bertz CT molecular complexity index is 1760. The van der Waals surface area contributed by atoms with Gasteiger partial charge in [0.15, 0.2) is 5.82 Å². The molecule has 11 heteroatoms. The molecule has 2 aromatic carbocycles. The Hall–Kier alpha value is -3.95. The number of fused-ring (bicyclic) bond motifs is 2. The normalized spacial score (nSPS) is 18.2. The van der Waals surface area contributed by atoms with Crippen LogP contribution in [0.1, 0.15) is 72.5 Å². The van der Waals surface area contributed by atoms with Crippen molar-refractivity contribution in [3.8, 4) is 11.8 Å². The van der Waals surface area contributed by atoms with Crippen LogP contribution in [0.4, 0.5) is 5.82 Å². The van der Waals surface area contributed by atoms with Gasteiger partial charge >= 0.3 is 0 Å². The van der Waals surface area contributed by atoms with Crippen LogP contribution >= 0.6 is 0 Å². The number of hydrogen-bond donors (Lipinski definition) is 3. The number of piperidine rings is 1. The van der Waals surface area contributed by atoms with Crippen LogP contribution in [-0.4, -0.2) is 53.2 Å². The van der Waals surface area contributed by atoms with Crippen molar-refractivity contribution in [2.75, 3.05) is 18.0 Å². The Labute approximate surface area is 260 Å². The van der Waals surface area contributed by atoms with Gasteiger partial charge in [0.05, 0.1) is 30.6 Å². The van der Waals surface area contributed by atoms with Gasteiger partial charge in [-0.25, -0.2) is 9.97 Å². The number of carbonyl (C=O) groups excluding carboxylic acids is 1. The lowest BCUT2D eigenvalue weighted by molar-refractivity contribution is 0.100. The van der Waals surface area contributed by atoms with E-state index >= 15 is 0 Å². The third kappa shape index (κ3) is 5.78. The molecule has 6 rings (SSSR count). The van der Waals surface area contributed by atoms with Gasteiger partial charge < -0.3 is 20.3 Å². The quantitative estimate of drug-likeness (QED) is 0.222. The highest BCUT2D eigenvalue weighted by atomic mass is 32.2. The highest BCUT2D eigenvalue weighted by Gasteiger charge is 2.50. The first kappa shape index (κ1) is 30.1. The number of rotatable bonds is 6. The zero-order valence-electron chi connectivity index (χ0n) is 25.2. The second-order valence-corrected chi connectivity index (χ2v) is 14.6. The first-order valence-electron chi connectivity index (χ1n) is 14.8. The molecule has 1 saturated heterocycles. The average molecular weight is 612 g/mol. The predicted molar refractivity (Wildman–Crippen MR) is 171 cm³/mol. The topological polar surface area (TPSA) is 145 Å². The molecule has 1 fully saturated rings. The number of amides is 1. The molecule has 4 N–H and O–H groups in total. The van der Waals surface area contributed by atoms with Crippen LogP contribution in [0, 0.1) is 17.3 Å². The number of anilines is 1. The van der Waals surface area contributed by atoms with Crippen molar-refractivity contribution in [3.63, 3.8) is 0 Å². The number of nitrogens with one attached hydrogen (secondary N) is 1. The molecule has 1 unspecified atom stereocenters. The summed E-state index contributed by atoms with van der Waals surface area (Å²) in [5, 5.41) is 15.4. The monoisotopic (exact) mass is 611 g/mol. The second-order valence-electron chi connectivity index (χ2n) is 12.6. The molecular formula is C33H37N7O3S. The van der Waals surface area contributed by atoms with Crippen LogP contribution in [0.3, 0.4) is 0 Å². The minimum absolute atomic E-state index is 0.0130. The van der Waals surface area contributed by atoms with Gasteiger partial charge in [0, 0.05) is 40.8 Å². The van der Waals surface area contributed by atoms with Crippen molar-refractivity contribution in [2.24, 2.45) is 11.1 Å². The predicted octanol–water partition coefficient (Wildman–Crippen LogP) is 3.41. The summed E-state index contributed by atoms with van der Waals surface area (Å²) >= 11 is -1.19. The summed E-state index contributed by atoms with van der Waals surface area (Å²) in [4.78, 5) is 23.0. The Morgan fingerprint density at radius 2 is 1.98 bits per heavy atom. The van der Waals surface area contributed by atoms with Gasteiger partial charge in [-0.15, -0.1) is 4.72 Å². The van der Waals surface area contributed by atoms with Gasteiger partial charge in [-0.2, -0.15) is 5.10 Å². The van der Waals surface area contributed by atoms with E-state index in [1.54, 1.807) is 35.3 Å². The number of carbonyl (C=O) groups is 1. The number of benzene rings is 2. The first-order valence-corrected chi connectivity index (χ1v) is 15.9. The van der Waals surface area contributed by atoms with Crippen molar-refractivity contribution in [1.82, 2.24) is 24.5 Å². The Morgan fingerprint density at radius 1 is 1.20 bits per heavy atom. The lowest BCUT2D eigenvalue weighted by atomic mass is 9.73. The maximum Gasteiger partial charge on any atom is 0.248 e. The average Bonchev–Trinajstić information content (AvgIpc) is 3.55. The summed E-state index contributed by atoms with van der Waals surface area (Å²) in [6.45, 7) is 7.58. The van der Waals surface area contributed by atoms with Crippen molar-refractivity contribution >= 4 is 34.0 Å². The second kappa shape index (κ2) is 11.9. The minimum Gasteiger partial charge on any atom is -0.598 e. The third-order valence-electron chi connectivity index (χ3n) is 8.70. The molecular weight excluding hydrogens is 574 g/mol. The fourth-order valence-corrected chi connectivity index (χ4v) is 7.26. The molecule has 1 amide bonds. The van der Waals surface area contributed by atoms with Gasteiger partial charge in [-0.1, -0.05) is 30.2 Å². The van der Waals surface area contributed by atoms with E-state index in [9.17, 15) is 14.5 Å². The van der Waals surface area contributed by atoms with Crippen LogP contribution in [0.15, 0.2) is 54.9 Å². The van der Waals surface area contributed by atoms with Crippen molar-refractivity contribution in [3.05, 3.63) is 82.9 Å². The molecule has 0 saturated carbocycles. The van der Waals surface area contributed by atoms with E-state index in [1.807, 2.05) is 20.8 Å². The minimum atomic E-state index is -1.19. The summed E-state index contributed by atoms with van der Waals surface area (Å²) in [6, 6.07) is 13.7. The number of nitrogens with zero attached hydrogens (tertiary/aromatic N) is 5. The van der Waals surface area contributed by atoms with Crippen LogP contribution in [0.25, 0.3) is 10.9 Å². The smallest absolute Gasteiger partial charge is 0.248 e. The van der Waals surface area contributed by atoms with E-state index in [-0.39, 0.29) is 22.8 Å². The molecule has 0 radical (unpaired) electrons. The number of aliphatic hydroxyl groups excluding tert-OH is 1. The summed E-state index contributed by atoms with van der Waals surface area (Å²) in [5.74, 6) is 6.32. The van der Waals surface area contributed by atoms with E-state index in [2.05, 4.69) is 60.8 Å². The Morgan fingerprint density at radius 3 is 2.70 bits per heavy atom. The highest BCUT2D eigenvalue weighted by molar-refractivity contribution is 7.90. The fraction of sp³-hybridized carbons (Fsp3) is 0.394. The molecule has 44 heavy (non-hydrogen) atoms. The SMILES string of the molecule is CC(C)(C)[S+]([O-])N[C@@H]1c2ccccc2CC12CCN(c1ncc(C#CCn3ncc4cc(C(N)=O)ccc43)nc1CO)CC2. The molecule has 0 bridgehead atoms. The molecule has 4 aromatic rings. The van der Waals surface area contributed by atoms with Crippen molar-refractivity contribution in [2.45, 2.75) is 64.0 Å². The number of hydrogen-bond acceptors (Lipinski definition) is 8. The number of aromatic nitrogens is 4. The van der Waals surface area contributed by atoms with Gasteiger partial charge in [0.2, 0.25) is 5.91 Å². The molecule has 1 spiro atoms. The number of aliphatic hydroxyl groups is 1. The maximum atomic E-state index is 13.2. The molecule has 2 aliphatic rings. The summed E-state index contributed by atoms with van der Waals surface area (Å²) in [6.07, 6.45) is 6.06. The molecule has 1 aliphatic heterocycles. The highest BCUT2D eigenvalue weighted by Crippen LogP contribution is 2.53. The zero-order valence-corrected chi connectivity index (χ0v) is 26.0. The van der Waals surface area contributed by atoms with Crippen LogP contribution < -0.4 is 15.4 Å². The Balaban J connectivity index is 1.16. The lowest BCUT2D eigenvalue weighted by Gasteiger charge is -2.44. The van der Waals surface area contributed by atoms with Crippen molar-refractivity contribution in [1.29, 1.82) is 0 Å². The molecule has 1 aliphatic carbocycles. The van der Waals surface area contributed by atoms with E-state index in [0.717, 1.165) is 43.3 Å². The first-order chi connectivity index (χ1) is 21.1. The Kier molecular flexibility index (Phi) is 8.11. The summed E-state index contributed by atoms with van der Waals surface area (Å²) in [5.41, 5.74) is 10.1. The van der Waals surface area contributed by atoms with Crippen molar-refractivity contribution < 1.29 is 14.5 Å². The summed E-state index contributed by atoms with van der Waals surface area (Å²) in [7, 11) is 0. The largest absolute Gasteiger partial charge is 0.598 e. The summed E-state index contributed by atoms with van der Waals surface area (Å²) < 4.78 is 18.1. The van der Waals surface area contributed by atoms with Crippen LogP contribution in [0.2, 0.25) is 0 Å². The van der Waals surface area contributed by atoms with Gasteiger partial charge in [0.1, 0.15) is 22.7 Å².